The topological polar surface area (TPSA) is 78.0 Å². The van der Waals surface area contributed by atoms with Crippen molar-refractivity contribution < 1.29 is 9.53 Å². The zero-order valence-electron chi connectivity index (χ0n) is 19.8. The third kappa shape index (κ3) is 11.2. The van der Waals surface area contributed by atoms with Crippen LogP contribution in [-0.4, -0.2) is 60.7 Å². The van der Waals surface area contributed by atoms with E-state index in [2.05, 4.69) is 64.0 Å². The number of rotatable bonds is 7. The minimum atomic E-state index is -0.243. The van der Waals surface area contributed by atoms with Gasteiger partial charge in [-0.3, -0.25) is 9.69 Å². The fourth-order valence-corrected chi connectivity index (χ4v) is 3.56. The number of carbonyl (C=O) groups excluding carboxylic acids is 1. The summed E-state index contributed by atoms with van der Waals surface area (Å²) in [6.45, 7) is 16.5. The Morgan fingerprint density at radius 3 is 2.23 bits per heavy atom. The van der Waals surface area contributed by atoms with Crippen molar-refractivity contribution in [3.05, 3.63) is 35.4 Å². The molecule has 1 aliphatic heterocycles. The smallest absolute Gasteiger partial charge is 0.239 e. The molecule has 1 amide bonds. The largest absolute Gasteiger partial charge is 0.373 e. The normalized spacial score (nSPS) is 20.0. The molecule has 2 unspecified atom stereocenters. The van der Waals surface area contributed by atoms with E-state index in [0.29, 0.717) is 12.5 Å². The van der Waals surface area contributed by atoms with E-state index in [1.54, 1.807) is 0 Å². The molecule has 1 aromatic rings. The SMILES string of the molecule is CCNC(=NCc1ccc(CN2CC(C)OC(C)C2)cc1)NCC(=O)NC(C)(C)C.I. The maximum Gasteiger partial charge on any atom is 0.239 e. The van der Waals surface area contributed by atoms with E-state index in [0.717, 1.165) is 31.7 Å². The Kier molecular flexibility index (Phi) is 11.8. The third-order valence-electron chi connectivity index (χ3n) is 4.62. The Labute approximate surface area is 204 Å². The highest BCUT2D eigenvalue weighted by atomic mass is 127. The number of morpholine rings is 1. The van der Waals surface area contributed by atoms with Crippen LogP contribution in [0.1, 0.15) is 52.7 Å². The summed E-state index contributed by atoms with van der Waals surface area (Å²) >= 11 is 0. The molecule has 7 nitrogen and oxygen atoms in total. The number of ether oxygens (including phenoxy) is 1. The van der Waals surface area contributed by atoms with Crippen molar-refractivity contribution in [3.63, 3.8) is 0 Å². The zero-order valence-corrected chi connectivity index (χ0v) is 22.2. The molecule has 2 atom stereocenters. The zero-order chi connectivity index (χ0) is 22.1. The van der Waals surface area contributed by atoms with Crippen LogP contribution in [0.3, 0.4) is 0 Å². The second-order valence-corrected chi connectivity index (χ2v) is 9.11. The van der Waals surface area contributed by atoms with Crippen molar-refractivity contribution >= 4 is 35.8 Å². The van der Waals surface area contributed by atoms with Crippen LogP contribution in [0.5, 0.6) is 0 Å². The Balaban J connectivity index is 0.00000480. The Morgan fingerprint density at radius 2 is 1.68 bits per heavy atom. The van der Waals surface area contributed by atoms with Crippen LogP contribution in [0.4, 0.5) is 0 Å². The van der Waals surface area contributed by atoms with E-state index in [9.17, 15) is 4.79 Å². The lowest BCUT2D eigenvalue weighted by Gasteiger charge is -2.35. The monoisotopic (exact) mass is 545 g/mol. The van der Waals surface area contributed by atoms with E-state index in [4.69, 9.17) is 4.74 Å². The van der Waals surface area contributed by atoms with Crippen molar-refractivity contribution in [2.24, 2.45) is 4.99 Å². The summed E-state index contributed by atoms with van der Waals surface area (Å²) in [4.78, 5) is 19.1. The van der Waals surface area contributed by atoms with Crippen LogP contribution in [-0.2, 0) is 22.6 Å². The summed E-state index contributed by atoms with van der Waals surface area (Å²) in [6.07, 6.45) is 0.564. The third-order valence-corrected chi connectivity index (χ3v) is 4.62. The molecular formula is C23H40IN5O2. The van der Waals surface area contributed by atoms with Crippen molar-refractivity contribution in [2.45, 2.75) is 72.4 Å². The summed E-state index contributed by atoms with van der Waals surface area (Å²) in [5.41, 5.74) is 2.19. The number of amides is 1. The van der Waals surface area contributed by atoms with Gasteiger partial charge in [-0.25, -0.2) is 4.99 Å². The molecule has 0 aliphatic carbocycles. The molecule has 2 rings (SSSR count). The number of nitrogens with zero attached hydrogens (tertiary/aromatic N) is 2. The van der Waals surface area contributed by atoms with Crippen molar-refractivity contribution in [3.8, 4) is 0 Å². The maximum atomic E-state index is 12.0. The molecule has 1 fully saturated rings. The molecule has 1 aromatic carbocycles. The standard InChI is InChI=1S/C23H39N5O2.HI/c1-7-24-22(26-13-21(29)27-23(4,5)6)25-12-19-8-10-20(11-9-19)16-28-14-17(2)30-18(3)15-28;/h8-11,17-18H,7,12-16H2,1-6H3,(H,27,29)(H2,24,25,26);1H. The highest BCUT2D eigenvalue weighted by Gasteiger charge is 2.21. The Hall–Kier alpha value is -1.39. The molecule has 8 heteroatoms. The predicted octanol–water partition coefficient (Wildman–Crippen LogP) is 2.88. The summed E-state index contributed by atoms with van der Waals surface area (Å²) < 4.78 is 5.81. The maximum absolute atomic E-state index is 12.0. The van der Waals surface area contributed by atoms with E-state index in [1.165, 1.54) is 5.56 Å². The lowest BCUT2D eigenvalue weighted by molar-refractivity contribution is -0.121. The number of hydrogen-bond donors (Lipinski definition) is 3. The van der Waals surface area contributed by atoms with Crippen molar-refractivity contribution in [1.82, 2.24) is 20.9 Å². The van der Waals surface area contributed by atoms with Gasteiger partial charge in [0.1, 0.15) is 0 Å². The van der Waals surface area contributed by atoms with Crippen LogP contribution in [0.2, 0.25) is 0 Å². The first-order valence-corrected chi connectivity index (χ1v) is 10.9. The van der Waals surface area contributed by atoms with Gasteiger partial charge in [0.05, 0.1) is 25.3 Å². The molecule has 0 bridgehead atoms. The van der Waals surface area contributed by atoms with Gasteiger partial charge in [0.15, 0.2) is 5.96 Å². The molecule has 0 aromatic heterocycles. The Morgan fingerprint density at radius 1 is 1.10 bits per heavy atom. The Bertz CT molecular complexity index is 693. The van der Waals surface area contributed by atoms with Gasteiger partial charge in [-0.1, -0.05) is 24.3 Å². The van der Waals surface area contributed by atoms with Crippen LogP contribution >= 0.6 is 24.0 Å². The van der Waals surface area contributed by atoms with Crippen LogP contribution in [0, 0.1) is 0 Å². The van der Waals surface area contributed by atoms with Gasteiger partial charge >= 0.3 is 0 Å². The molecule has 3 N–H and O–H groups in total. The molecule has 1 aliphatic rings. The minimum absolute atomic E-state index is 0. The number of nitrogens with one attached hydrogen (secondary N) is 3. The van der Waals surface area contributed by atoms with Gasteiger partial charge in [-0.05, 0) is 52.7 Å². The summed E-state index contributed by atoms with van der Waals surface area (Å²) in [6, 6.07) is 8.60. The van der Waals surface area contributed by atoms with Gasteiger partial charge < -0.3 is 20.7 Å². The van der Waals surface area contributed by atoms with Gasteiger partial charge in [-0.2, -0.15) is 0 Å². The molecule has 1 saturated heterocycles. The van der Waals surface area contributed by atoms with E-state index >= 15 is 0 Å². The van der Waals surface area contributed by atoms with Gasteiger partial charge in [-0.15, -0.1) is 24.0 Å². The van der Waals surface area contributed by atoms with Crippen molar-refractivity contribution in [2.75, 3.05) is 26.2 Å². The van der Waals surface area contributed by atoms with E-state index < -0.39 is 0 Å². The summed E-state index contributed by atoms with van der Waals surface area (Å²) in [7, 11) is 0. The van der Waals surface area contributed by atoms with Crippen LogP contribution in [0.25, 0.3) is 0 Å². The lowest BCUT2D eigenvalue weighted by atomic mass is 10.1. The minimum Gasteiger partial charge on any atom is -0.373 e. The molecule has 0 saturated carbocycles. The number of guanidine groups is 1. The number of carbonyl (C=O) groups is 1. The van der Waals surface area contributed by atoms with Crippen LogP contribution in [0.15, 0.2) is 29.3 Å². The second kappa shape index (κ2) is 13.2. The number of hydrogen-bond acceptors (Lipinski definition) is 4. The highest BCUT2D eigenvalue weighted by Crippen LogP contribution is 2.15. The second-order valence-electron chi connectivity index (χ2n) is 9.11. The molecule has 176 valence electrons. The summed E-state index contributed by atoms with van der Waals surface area (Å²) in [5.74, 6) is 0.589. The first kappa shape index (κ1) is 27.6. The van der Waals surface area contributed by atoms with Gasteiger partial charge in [0.25, 0.3) is 0 Å². The van der Waals surface area contributed by atoms with Gasteiger partial charge in [0, 0.05) is 31.7 Å². The molecule has 1 heterocycles. The highest BCUT2D eigenvalue weighted by molar-refractivity contribution is 14.0. The van der Waals surface area contributed by atoms with E-state index in [1.807, 2.05) is 27.7 Å². The average molecular weight is 546 g/mol. The number of halogens is 1. The molecule has 31 heavy (non-hydrogen) atoms. The predicted molar refractivity (Wildman–Crippen MR) is 138 cm³/mol. The van der Waals surface area contributed by atoms with Crippen LogP contribution < -0.4 is 16.0 Å². The van der Waals surface area contributed by atoms with Crippen molar-refractivity contribution in [1.29, 1.82) is 0 Å². The lowest BCUT2D eigenvalue weighted by Crippen LogP contribution is -2.48. The fraction of sp³-hybridized carbons (Fsp3) is 0.652. The fourth-order valence-electron chi connectivity index (χ4n) is 3.56. The molecular weight excluding hydrogens is 505 g/mol. The first-order chi connectivity index (χ1) is 14.1. The summed E-state index contributed by atoms with van der Waals surface area (Å²) in [5, 5.41) is 9.22. The van der Waals surface area contributed by atoms with E-state index in [-0.39, 0.29) is 54.2 Å². The molecule has 0 radical (unpaired) electrons. The molecule has 0 spiro atoms. The van der Waals surface area contributed by atoms with Gasteiger partial charge in [0.2, 0.25) is 5.91 Å². The number of aliphatic imine (C=N–C) groups is 1. The number of benzene rings is 1. The first-order valence-electron chi connectivity index (χ1n) is 10.9. The quantitative estimate of drug-likeness (QED) is 0.279. The average Bonchev–Trinajstić information content (AvgIpc) is 2.63.